The number of thiophene rings is 1. The number of aryl methyl sites for hydroxylation is 2. The van der Waals surface area contributed by atoms with Crippen molar-refractivity contribution in [2.24, 2.45) is 0 Å². The summed E-state index contributed by atoms with van der Waals surface area (Å²) in [6, 6.07) is 5.52. The number of carbonyl (C=O) groups is 1. The van der Waals surface area contributed by atoms with E-state index in [1.165, 1.54) is 27.8 Å². The molecule has 27 heavy (non-hydrogen) atoms. The molecule has 1 amide bonds. The van der Waals surface area contributed by atoms with Crippen LogP contribution >= 0.6 is 11.3 Å². The first-order valence-corrected chi connectivity index (χ1v) is 10.1. The molecule has 7 heteroatoms. The number of hydrogen-bond donors (Lipinski definition) is 1. The maximum atomic E-state index is 13.2. The van der Waals surface area contributed by atoms with E-state index < -0.39 is 11.7 Å². The Morgan fingerprint density at radius 2 is 1.81 bits per heavy atom. The SMILES string of the molecule is O=C(Nc1cc(C(F)(F)F)ccc1N1CCCCC1)c1cc2c(s1)CCC2. The Labute approximate surface area is 160 Å². The van der Waals surface area contributed by atoms with Crippen LogP contribution in [0.2, 0.25) is 0 Å². The van der Waals surface area contributed by atoms with Crippen molar-refractivity contribution < 1.29 is 18.0 Å². The Balaban J connectivity index is 1.64. The van der Waals surface area contributed by atoms with Gasteiger partial charge in [-0.25, -0.2) is 0 Å². The first kappa shape index (κ1) is 18.3. The highest BCUT2D eigenvalue weighted by Crippen LogP contribution is 2.37. The lowest BCUT2D eigenvalue weighted by atomic mass is 10.1. The molecule has 1 saturated heterocycles. The summed E-state index contributed by atoms with van der Waals surface area (Å²) in [6.45, 7) is 1.59. The second-order valence-electron chi connectivity index (χ2n) is 7.14. The van der Waals surface area contributed by atoms with Gasteiger partial charge in [0, 0.05) is 18.0 Å². The Morgan fingerprint density at radius 1 is 1.04 bits per heavy atom. The fourth-order valence-electron chi connectivity index (χ4n) is 3.85. The molecule has 4 rings (SSSR count). The van der Waals surface area contributed by atoms with Crippen LogP contribution in [0, 0.1) is 0 Å². The van der Waals surface area contributed by atoms with Gasteiger partial charge in [-0.2, -0.15) is 13.2 Å². The van der Waals surface area contributed by atoms with Gasteiger partial charge in [0.25, 0.3) is 5.91 Å². The molecule has 2 aromatic rings. The summed E-state index contributed by atoms with van der Waals surface area (Å²) >= 11 is 1.45. The summed E-state index contributed by atoms with van der Waals surface area (Å²) in [5.74, 6) is -0.327. The highest BCUT2D eigenvalue weighted by Gasteiger charge is 2.32. The van der Waals surface area contributed by atoms with Gasteiger partial charge in [-0.3, -0.25) is 4.79 Å². The third kappa shape index (κ3) is 3.83. The molecule has 1 aromatic carbocycles. The minimum Gasteiger partial charge on any atom is -0.370 e. The molecule has 1 aliphatic carbocycles. The normalized spacial score (nSPS) is 17.1. The number of alkyl halides is 3. The number of hydrogen-bond acceptors (Lipinski definition) is 3. The smallest absolute Gasteiger partial charge is 0.370 e. The van der Waals surface area contributed by atoms with E-state index in [9.17, 15) is 18.0 Å². The highest BCUT2D eigenvalue weighted by molar-refractivity contribution is 7.14. The second-order valence-corrected chi connectivity index (χ2v) is 8.28. The van der Waals surface area contributed by atoms with Gasteiger partial charge in [0.1, 0.15) is 0 Å². The van der Waals surface area contributed by atoms with Crippen LogP contribution in [0.4, 0.5) is 24.5 Å². The van der Waals surface area contributed by atoms with Gasteiger partial charge < -0.3 is 10.2 Å². The first-order valence-electron chi connectivity index (χ1n) is 9.31. The zero-order valence-electron chi connectivity index (χ0n) is 14.9. The number of carbonyl (C=O) groups excluding carboxylic acids is 1. The molecule has 144 valence electrons. The van der Waals surface area contributed by atoms with Crippen molar-refractivity contribution in [2.75, 3.05) is 23.3 Å². The topological polar surface area (TPSA) is 32.3 Å². The van der Waals surface area contributed by atoms with E-state index in [0.29, 0.717) is 10.6 Å². The molecule has 1 N–H and O–H groups in total. The van der Waals surface area contributed by atoms with Crippen LogP contribution in [-0.4, -0.2) is 19.0 Å². The van der Waals surface area contributed by atoms with Crippen LogP contribution in [0.1, 0.15) is 51.4 Å². The quantitative estimate of drug-likeness (QED) is 0.746. The molecule has 0 unspecified atom stereocenters. The molecule has 1 aliphatic heterocycles. The van der Waals surface area contributed by atoms with E-state index in [0.717, 1.165) is 63.7 Å². The predicted molar refractivity (Wildman–Crippen MR) is 102 cm³/mol. The number of fused-ring (bicyclic) bond motifs is 1. The minimum absolute atomic E-state index is 0.241. The van der Waals surface area contributed by atoms with Gasteiger partial charge in [0.15, 0.2) is 0 Å². The van der Waals surface area contributed by atoms with Crippen molar-refractivity contribution in [3.05, 3.63) is 45.1 Å². The van der Waals surface area contributed by atoms with Gasteiger partial charge in [-0.05, 0) is 68.4 Å². The molecule has 3 nitrogen and oxygen atoms in total. The van der Waals surface area contributed by atoms with E-state index in [2.05, 4.69) is 10.2 Å². The summed E-state index contributed by atoms with van der Waals surface area (Å²) in [4.78, 5) is 16.6. The molecular formula is C20H21F3N2OS. The lowest BCUT2D eigenvalue weighted by Crippen LogP contribution is -2.30. The molecule has 0 bridgehead atoms. The summed E-state index contributed by atoms with van der Waals surface area (Å²) in [5.41, 5.74) is 1.36. The number of amides is 1. The molecule has 2 aliphatic rings. The standard InChI is InChI=1S/C20H21F3N2OS/c21-20(22,23)14-7-8-16(25-9-2-1-3-10-25)15(12-14)24-19(26)18-11-13-5-4-6-17(13)27-18/h7-8,11-12H,1-6,9-10H2,(H,24,26). The lowest BCUT2D eigenvalue weighted by molar-refractivity contribution is -0.137. The van der Waals surface area contributed by atoms with Gasteiger partial charge >= 0.3 is 6.18 Å². The molecule has 0 atom stereocenters. The summed E-state index contributed by atoms with van der Waals surface area (Å²) in [6.07, 6.45) is 1.76. The average Bonchev–Trinajstić information content (AvgIpc) is 3.23. The fraction of sp³-hybridized carbons (Fsp3) is 0.450. The van der Waals surface area contributed by atoms with E-state index in [4.69, 9.17) is 0 Å². The fourth-order valence-corrected chi connectivity index (χ4v) is 5.00. The second kappa shape index (κ2) is 7.19. The summed E-state index contributed by atoms with van der Waals surface area (Å²) in [7, 11) is 0. The summed E-state index contributed by atoms with van der Waals surface area (Å²) < 4.78 is 39.6. The molecule has 0 spiro atoms. The zero-order chi connectivity index (χ0) is 19.0. The maximum absolute atomic E-state index is 13.2. The molecule has 0 saturated carbocycles. The van der Waals surface area contributed by atoms with Crippen molar-refractivity contribution in [1.29, 1.82) is 0 Å². The van der Waals surface area contributed by atoms with Crippen molar-refractivity contribution in [2.45, 2.75) is 44.7 Å². The number of nitrogens with one attached hydrogen (secondary N) is 1. The van der Waals surface area contributed by atoms with E-state index in [1.54, 1.807) is 0 Å². The molecule has 1 aromatic heterocycles. The van der Waals surface area contributed by atoms with Gasteiger partial charge in [0.2, 0.25) is 0 Å². The van der Waals surface area contributed by atoms with Crippen molar-refractivity contribution in [3.63, 3.8) is 0 Å². The van der Waals surface area contributed by atoms with E-state index in [1.807, 2.05) is 6.07 Å². The van der Waals surface area contributed by atoms with Crippen LogP contribution in [0.15, 0.2) is 24.3 Å². The van der Waals surface area contributed by atoms with Gasteiger partial charge in [-0.1, -0.05) is 0 Å². The van der Waals surface area contributed by atoms with Crippen LogP contribution in [0.25, 0.3) is 0 Å². The van der Waals surface area contributed by atoms with Gasteiger partial charge in [0.05, 0.1) is 21.8 Å². The van der Waals surface area contributed by atoms with Crippen molar-refractivity contribution in [1.82, 2.24) is 0 Å². The van der Waals surface area contributed by atoms with E-state index >= 15 is 0 Å². The number of piperidine rings is 1. The molecule has 1 fully saturated rings. The Bertz CT molecular complexity index is 832. The first-order chi connectivity index (χ1) is 12.9. The number of anilines is 2. The van der Waals surface area contributed by atoms with Crippen molar-refractivity contribution in [3.8, 4) is 0 Å². The van der Waals surface area contributed by atoms with Crippen LogP contribution in [0.5, 0.6) is 0 Å². The predicted octanol–water partition coefficient (Wildman–Crippen LogP) is 5.50. The summed E-state index contributed by atoms with van der Waals surface area (Å²) in [5, 5.41) is 2.76. The van der Waals surface area contributed by atoms with Crippen LogP contribution in [0.3, 0.4) is 0 Å². The average molecular weight is 394 g/mol. The molecule has 0 radical (unpaired) electrons. The lowest BCUT2D eigenvalue weighted by Gasteiger charge is -2.31. The number of nitrogens with zero attached hydrogens (tertiary/aromatic N) is 1. The Hall–Kier alpha value is -2.02. The monoisotopic (exact) mass is 394 g/mol. The zero-order valence-corrected chi connectivity index (χ0v) is 15.7. The van der Waals surface area contributed by atoms with Crippen molar-refractivity contribution >= 4 is 28.6 Å². The van der Waals surface area contributed by atoms with Crippen LogP contribution < -0.4 is 10.2 Å². The minimum atomic E-state index is -4.44. The molecular weight excluding hydrogens is 373 g/mol. The molecule has 2 heterocycles. The largest absolute Gasteiger partial charge is 0.416 e. The maximum Gasteiger partial charge on any atom is 0.416 e. The number of halogens is 3. The Morgan fingerprint density at radius 3 is 2.52 bits per heavy atom. The third-order valence-electron chi connectivity index (χ3n) is 5.24. The highest BCUT2D eigenvalue weighted by atomic mass is 32.1. The Kier molecular flexibility index (Phi) is 4.88. The van der Waals surface area contributed by atoms with Crippen LogP contribution in [-0.2, 0) is 19.0 Å². The van der Waals surface area contributed by atoms with E-state index in [-0.39, 0.29) is 11.6 Å². The third-order valence-corrected chi connectivity index (χ3v) is 6.48. The van der Waals surface area contributed by atoms with Gasteiger partial charge in [-0.15, -0.1) is 11.3 Å². The number of benzene rings is 1. The number of rotatable bonds is 3.